The van der Waals surface area contributed by atoms with E-state index in [0.29, 0.717) is 12.0 Å². The third kappa shape index (κ3) is 7.97. The molecule has 0 aliphatic rings. The zero-order chi connectivity index (χ0) is 9.61. The molecule has 0 aromatic heterocycles. The minimum atomic E-state index is -3.75. The van der Waals surface area contributed by atoms with Crippen LogP contribution < -0.4 is 0 Å². The summed E-state index contributed by atoms with van der Waals surface area (Å²) in [5.41, 5.74) is 0.587. The van der Waals surface area contributed by atoms with E-state index in [-0.39, 0.29) is 5.75 Å². The Balaban J connectivity index is 3.50. The molecule has 0 heterocycles. The Kier molecular flexibility index (Phi) is 5.44. The van der Waals surface area contributed by atoms with Crippen LogP contribution in [0.3, 0.4) is 0 Å². The average Bonchev–Trinajstić information content (AvgIpc) is 1.84. The van der Waals surface area contributed by atoms with E-state index in [1.165, 1.54) is 0 Å². The monoisotopic (exact) mass is 208 g/mol. The highest BCUT2D eigenvalue weighted by Gasteiger charge is 2.05. The van der Waals surface area contributed by atoms with Crippen molar-refractivity contribution in [2.24, 2.45) is 0 Å². The molecule has 0 amide bonds. The summed E-state index contributed by atoms with van der Waals surface area (Å²) in [4.78, 5) is 0. The van der Waals surface area contributed by atoms with E-state index in [1.54, 1.807) is 0 Å². The van der Waals surface area contributed by atoms with Crippen LogP contribution in [0.5, 0.6) is 0 Å². The van der Waals surface area contributed by atoms with Gasteiger partial charge in [-0.15, -0.1) is 6.58 Å². The van der Waals surface area contributed by atoms with Gasteiger partial charge in [-0.3, -0.25) is 4.55 Å². The van der Waals surface area contributed by atoms with Gasteiger partial charge in [-0.2, -0.15) is 8.42 Å². The normalized spacial score (nSPS) is 14.4. The third-order valence-corrected chi connectivity index (χ3v) is 3.52. The van der Waals surface area contributed by atoms with E-state index >= 15 is 0 Å². The number of allylic oxidation sites excluding steroid dienone is 1. The first-order valence-corrected chi connectivity index (χ1v) is 6.78. The first-order valence-electron chi connectivity index (χ1n) is 4.01. The van der Waals surface area contributed by atoms with Gasteiger partial charge in [0.1, 0.15) is 0 Å². The van der Waals surface area contributed by atoms with Crippen molar-refractivity contribution in [2.75, 3.05) is 5.75 Å². The van der Waals surface area contributed by atoms with Crippen LogP contribution in [0.4, 0.5) is 0 Å². The molecule has 5 heteroatoms. The van der Waals surface area contributed by atoms with Gasteiger partial charge >= 0.3 is 0 Å². The Morgan fingerprint density at radius 2 is 2.17 bits per heavy atom. The molecule has 0 saturated carbocycles. The van der Waals surface area contributed by atoms with E-state index in [4.69, 9.17) is 4.55 Å². The Morgan fingerprint density at radius 3 is 2.58 bits per heavy atom. The SMILES string of the molecule is C=CCC([SiH3])CCCS(=O)(=O)O. The van der Waals surface area contributed by atoms with Crippen molar-refractivity contribution < 1.29 is 13.0 Å². The van der Waals surface area contributed by atoms with Crippen molar-refractivity contribution in [1.82, 2.24) is 0 Å². The van der Waals surface area contributed by atoms with Gasteiger partial charge in [0, 0.05) is 10.2 Å². The van der Waals surface area contributed by atoms with Crippen LogP contribution in [-0.4, -0.2) is 29.0 Å². The summed E-state index contributed by atoms with van der Waals surface area (Å²) in [6.45, 7) is 3.61. The molecule has 0 aliphatic carbocycles. The molecule has 12 heavy (non-hydrogen) atoms. The average molecular weight is 208 g/mol. The van der Waals surface area contributed by atoms with Crippen LogP contribution in [-0.2, 0) is 10.1 Å². The van der Waals surface area contributed by atoms with E-state index in [2.05, 4.69) is 6.58 Å². The number of rotatable bonds is 6. The molecule has 1 N–H and O–H groups in total. The molecule has 3 nitrogen and oxygen atoms in total. The van der Waals surface area contributed by atoms with Crippen molar-refractivity contribution in [3.63, 3.8) is 0 Å². The lowest BCUT2D eigenvalue weighted by Gasteiger charge is -2.06. The second-order valence-electron chi connectivity index (χ2n) is 3.06. The fourth-order valence-electron chi connectivity index (χ4n) is 1.02. The van der Waals surface area contributed by atoms with Gasteiger partial charge < -0.3 is 0 Å². The van der Waals surface area contributed by atoms with Gasteiger partial charge in [0.15, 0.2) is 0 Å². The molecule has 1 unspecified atom stereocenters. The Bertz CT molecular complexity index is 223. The van der Waals surface area contributed by atoms with Crippen LogP contribution in [0.15, 0.2) is 12.7 Å². The maximum absolute atomic E-state index is 10.3. The minimum Gasteiger partial charge on any atom is -0.286 e. The molecule has 0 saturated heterocycles. The molecule has 0 bridgehead atoms. The maximum Gasteiger partial charge on any atom is 0.264 e. The topological polar surface area (TPSA) is 54.4 Å². The Hall–Kier alpha value is -0.133. The van der Waals surface area contributed by atoms with Crippen LogP contribution in [0, 0.1) is 0 Å². The van der Waals surface area contributed by atoms with E-state index in [0.717, 1.165) is 23.1 Å². The van der Waals surface area contributed by atoms with Gasteiger partial charge in [0.25, 0.3) is 10.1 Å². The zero-order valence-corrected chi connectivity index (χ0v) is 10.2. The van der Waals surface area contributed by atoms with E-state index in [1.807, 2.05) is 6.08 Å². The summed E-state index contributed by atoms with van der Waals surface area (Å²) >= 11 is 0. The Labute approximate surface area is 77.0 Å². The lowest BCUT2D eigenvalue weighted by molar-refractivity contribution is 0.479. The quantitative estimate of drug-likeness (QED) is 0.390. The fourth-order valence-corrected chi connectivity index (χ4v) is 2.29. The summed E-state index contributed by atoms with van der Waals surface area (Å²) in [6.07, 6.45) is 4.24. The first kappa shape index (κ1) is 11.9. The first-order chi connectivity index (χ1) is 5.45. The molecule has 0 fully saturated rings. The lowest BCUT2D eigenvalue weighted by Crippen LogP contribution is -2.04. The molecule has 0 radical (unpaired) electrons. The molecular formula is C7H16O3SSi. The van der Waals surface area contributed by atoms with Crippen LogP contribution in [0.1, 0.15) is 19.3 Å². The molecule has 0 aromatic carbocycles. The third-order valence-electron chi connectivity index (χ3n) is 1.67. The van der Waals surface area contributed by atoms with E-state index in [9.17, 15) is 8.42 Å². The van der Waals surface area contributed by atoms with Crippen molar-refractivity contribution >= 4 is 20.4 Å². The minimum absolute atomic E-state index is 0.108. The molecule has 0 aliphatic heterocycles. The van der Waals surface area contributed by atoms with Gasteiger partial charge in [0.05, 0.1) is 5.75 Å². The predicted molar refractivity (Wildman–Crippen MR) is 54.2 cm³/mol. The van der Waals surface area contributed by atoms with E-state index < -0.39 is 10.1 Å². The fraction of sp³-hybridized carbons (Fsp3) is 0.714. The largest absolute Gasteiger partial charge is 0.286 e. The van der Waals surface area contributed by atoms with Gasteiger partial charge in [-0.05, 0) is 12.8 Å². The molecule has 0 spiro atoms. The highest BCUT2D eigenvalue weighted by Crippen LogP contribution is 2.13. The van der Waals surface area contributed by atoms with Crippen molar-refractivity contribution in [2.45, 2.75) is 24.8 Å². The second kappa shape index (κ2) is 5.50. The summed E-state index contributed by atoms with van der Waals surface area (Å²) < 4.78 is 29.1. The smallest absolute Gasteiger partial charge is 0.264 e. The van der Waals surface area contributed by atoms with Crippen molar-refractivity contribution in [1.29, 1.82) is 0 Å². The van der Waals surface area contributed by atoms with Crippen LogP contribution in [0.2, 0.25) is 5.54 Å². The molecule has 1 atom stereocenters. The molecule has 72 valence electrons. The summed E-state index contributed by atoms with van der Waals surface area (Å²) in [5.74, 6) is -0.108. The summed E-state index contributed by atoms with van der Waals surface area (Å²) in [6, 6.07) is 0. The predicted octanol–water partition coefficient (Wildman–Crippen LogP) is 0.384. The van der Waals surface area contributed by atoms with Gasteiger partial charge in [-0.25, -0.2) is 0 Å². The summed E-state index contributed by atoms with van der Waals surface area (Å²) in [7, 11) is -2.69. The number of hydrogen-bond donors (Lipinski definition) is 1. The zero-order valence-electron chi connectivity index (χ0n) is 7.36. The standard InChI is InChI=1S/C7H16O3SSi/c1-2-4-7(12)5-3-6-11(8,9)10/h2,7H,1,3-6H2,12H3,(H,8,9,10). The van der Waals surface area contributed by atoms with Gasteiger partial charge in [-0.1, -0.05) is 18.0 Å². The highest BCUT2D eigenvalue weighted by atomic mass is 32.2. The lowest BCUT2D eigenvalue weighted by atomic mass is 10.2. The van der Waals surface area contributed by atoms with Crippen LogP contribution >= 0.6 is 0 Å². The highest BCUT2D eigenvalue weighted by molar-refractivity contribution is 7.85. The maximum atomic E-state index is 10.3. The second-order valence-corrected chi connectivity index (χ2v) is 6.26. The summed E-state index contributed by atoms with van der Waals surface area (Å²) in [5, 5.41) is 0. The molecular weight excluding hydrogens is 192 g/mol. The van der Waals surface area contributed by atoms with Crippen molar-refractivity contribution in [3.05, 3.63) is 12.7 Å². The molecule has 0 aromatic rings. The van der Waals surface area contributed by atoms with Gasteiger partial charge in [0.2, 0.25) is 0 Å². The number of hydrogen-bond acceptors (Lipinski definition) is 2. The van der Waals surface area contributed by atoms with Crippen molar-refractivity contribution in [3.8, 4) is 0 Å². The van der Waals surface area contributed by atoms with Crippen LogP contribution in [0.25, 0.3) is 0 Å². The Morgan fingerprint density at radius 1 is 1.58 bits per heavy atom. The molecule has 0 rings (SSSR count).